The van der Waals surface area contributed by atoms with E-state index < -0.39 is 7.37 Å². The number of pyridine rings is 1. The van der Waals surface area contributed by atoms with Gasteiger partial charge in [0.15, 0.2) is 5.57 Å². The van der Waals surface area contributed by atoms with Crippen LogP contribution in [0.25, 0.3) is 5.69 Å². The molecule has 2 aromatic rings. The third kappa shape index (κ3) is 2.81. The third-order valence-electron chi connectivity index (χ3n) is 1.91. The fourth-order valence-electron chi connectivity index (χ4n) is 1.29. The van der Waals surface area contributed by atoms with Crippen LogP contribution in [0.5, 0.6) is 0 Å². The maximum atomic E-state index is 11.4. The van der Waals surface area contributed by atoms with Gasteiger partial charge in [-0.3, -0.25) is 9.55 Å². The Bertz CT molecular complexity index is 508. The Labute approximate surface area is 115 Å². The second kappa shape index (κ2) is 5.25. The zero-order chi connectivity index (χ0) is 10.9. The summed E-state index contributed by atoms with van der Waals surface area (Å²) in [7, 11) is -3.60. The molecule has 7 heteroatoms. The van der Waals surface area contributed by atoms with Gasteiger partial charge in [0, 0.05) is 18.6 Å². The molecule has 1 unspecified atom stereocenters. The van der Waals surface area contributed by atoms with Crippen LogP contribution in [0.2, 0.25) is 0 Å². The van der Waals surface area contributed by atoms with E-state index in [4.69, 9.17) is 0 Å². The van der Waals surface area contributed by atoms with Crippen molar-refractivity contribution in [2.75, 3.05) is 6.66 Å². The van der Waals surface area contributed by atoms with Gasteiger partial charge in [-0.15, -0.1) is 0 Å². The molecule has 5 nitrogen and oxygen atoms in total. The van der Waals surface area contributed by atoms with Crippen LogP contribution in [0.1, 0.15) is 0 Å². The van der Waals surface area contributed by atoms with Crippen molar-refractivity contribution in [3.8, 4) is 5.69 Å². The van der Waals surface area contributed by atoms with Gasteiger partial charge in [-0.25, -0.2) is 4.98 Å². The molecule has 1 atom stereocenters. The summed E-state index contributed by atoms with van der Waals surface area (Å²) in [6.07, 6.45) is 6.26. The third-order valence-corrected chi connectivity index (χ3v) is 2.97. The predicted octanol–water partition coefficient (Wildman–Crippen LogP) is -2.84. The average molecular weight is 245 g/mol. The van der Waals surface area contributed by atoms with E-state index in [1.165, 1.54) is 10.8 Å². The van der Waals surface area contributed by atoms with E-state index in [9.17, 15) is 9.46 Å². The molecule has 0 bridgehead atoms. The summed E-state index contributed by atoms with van der Waals surface area (Å²) in [6, 6.07) is 3.51. The molecule has 0 amide bonds. The number of imidazole rings is 1. The molecule has 0 saturated heterocycles. The van der Waals surface area contributed by atoms with Crippen molar-refractivity contribution in [2.45, 2.75) is 0 Å². The van der Waals surface area contributed by atoms with Crippen LogP contribution in [0, 0.1) is 0 Å². The molecule has 0 radical (unpaired) electrons. The minimum absolute atomic E-state index is 0. The van der Waals surface area contributed by atoms with E-state index in [1.54, 1.807) is 30.7 Å². The van der Waals surface area contributed by atoms with Crippen molar-refractivity contribution in [2.24, 2.45) is 0 Å². The molecular formula is C9H9N3NaO2P. The van der Waals surface area contributed by atoms with Gasteiger partial charge in [-0.05, 0) is 18.8 Å². The Morgan fingerprint density at radius 1 is 1.44 bits per heavy atom. The fourth-order valence-corrected chi connectivity index (χ4v) is 2.14. The molecule has 0 aliphatic rings. The molecule has 2 heterocycles. The fraction of sp³-hybridized carbons (Fsp3) is 0.111. The molecule has 0 aromatic carbocycles. The first-order chi connectivity index (χ1) is 7.09. The molecule has 2 aromatic heterocycles. The van der Waals surface area contributed by atoms with Crippen LogP contribution < -0.4 is 40.0 Å². The molecule has 0 N–H and O–H groups in total. The van der Waals surface area contributed by atoms with Gasteiger partial charge in [0.05, 0.1) is 19.3 Å². The molecule has 2 rings (SSSR count). The molecule has 0 fully saturated rings. The van der Waals surface area contributed by atoms with E-state index in [2.05, 4.69) is 9.97 Å². The zero-order valence-electron chi connectivity index (χ0n) is 9.07. The standard InChI is InChI=1S/C9H10N3O2P.Na/c1-15(13,14)9-11-5-6-12(9)8-3-2-4-10-7-8;/h2-7H,1H3,(H,13,14);/q;+1/p-1. The summed E-state index contributed by atoms with van der Waals surface area (Å²) in [5.74, 6) is 0. The zero-order valence-corrected chi connectivity index (χ0v) is 12.0. The summed E-state index contributed by atoms with van der Waals surface area (Å²) in [4.78, 5) is 19.2. The Morgan fingerprint density at radius 3 is 2.75 bits per heavy atom. The minimum Gasteiger partial charge on any atom is -0.794 e. The summed E-state index contributed by atoms with van der Waals surface area (Å²) >= 11 is 0. The summed E-state index contributed by atoms with van der Waals surface area (Å²) in [6.45, 7) is 1.15. The summed E-state index contributed by atoms with van der Waals surface area (Å²) in [5.41, 5.74) is 0.735. The van der Waals surface area contributed by atoms with E-state index in [-0.39, 0.29) is 35.1 Å². The molecule has 16 heavy (non-hydrogen) atoms. The Morgan fingerprint density at radius 2 is 2.19 bits per heavy atom. The van der Waals surface area contributed by atoms with Crippen LogP contribution in [-0.2, 0) is 4.57 Å². The van der Waals surface area contributed by atoms with Gasteiger partial charge < -0.3 is 9.46 Å². The first kappa shape index (κ1) is 13.6. The van der Waals surface area contributed by atoms with E-state index in [0.29, 0.717) is 5.69 Å². The van der Waals surface area contributed by atoms with Crippen molar-refractivity contribution >= 4 is 12.9 Å². The van der Waals surface area contributed by atoms with Crippen molar-refractivity contribution in [1.29, 1.82) is 0 Å². The van der Waals surface area contributed by atoms with E-state index in [1.807, 2.05) is 0 Å². The van der Waals surface area contributed by atoms with Crippen molar-refractivity contribution in [1.82, 2.24) is 14.5 Å². The number of aromatic nitrogens is 3. The second-order valence-corrected chi connectivity index (χ2v) is 5.25. The minimum atomic E-state index is -3.60. The molecule has 0 saturated carbocycles. The van der Waals surface area contributed by atoms with Crippen LogP contribution >= 0.6 is 7.37 Å². The molecular weight excluding hydrogens is 236 g/mol. The number of hydrogen-bond donors (Lipinski definition) is 0. The van der Waals surface area contributed by atoms with Crippen LogP contribution in [-0.4, -0.2) is 21.2 Å². The molecule has 78 valence electrons. The Kier molecular flexibility index (Phi) is 4.47. The summed E-state index contributed by atoms with van der Waals surface area (Å²) in [5, 5.41) is 0. The van der Waals surface area contributed by atoms with Crippen molar-refractivity contribution in [3.63, 3.8) is 0 Å². The quantitative estimate of drug-likeness (QED) is 0.422. The van der Waals surface area contributed by atoms with Gasteiger partial charge >= 0.3 is 29.6 Å². The Hall–Kier alpha value is -0.450. The van der Waals surface area contributed by atoms with Crippen LogP contribution in [0.15, 0.2) is 36.9 Å². The number of hydrogen-bond acceptors (Lipinski definition) is 4. The Balaban J connectivity index is 0.00000128. The second-order valence-electron chi connectivity index (χ2n) is 3.15. The largest absolute Gasteiger partial charge is 1.00 e. The smallest absolute Gasteiger partial charge is 0.794 e. The van der Waals surface area contributed by atoms with Gasteiger partial charge in [0.2, 0.25) is 0 Å². The van der Waals surface area contributed by atoms with E-state index in [0.717, 1.165) is 6.66 Å². The SMILES string of the molecule is CP(=O)([O-])c1nccn1-c1cccnc1.[Na+]. The van der Waals surface area contributed by atoms with Crippen molar-refractivity contribution < 1.29 is 39.0 Å². The monoisotopic (exact) mass is 245 g/mol. The predicted molar refractivity (Wildman–Crippen MR) is 54.5 cm³/mol. The first-order valence-electron chi connectivity index (χ1n) is 4.32. The topological polar surface area (TPSA) is 70.8 Å². The number of rotatable bonds is 2. The normalized spacial score (nSPS) is 13.9. The molecule has 0 aliphatic heterocycles. The summed E-state index contributed by atoms with van der Waals surface area (Å²) < 4.78 is 12.9. The van der Waals surface area contributed by atoms with Gasteiger partial charge in [-0.1, -0.05) is 0 Å². The molecule has 0 aliphatic carbocycles. The number of nitrogens with zero attached hydrogens (tertiary/aromatic N) is 3. The molecule has 0 spiro atoms. The maximum absolute atomic E-state index is 11.4. The van der Waals surface area contributed by atoms with Crippen LogP contribution in [0.3, 0.4) is 0 Å². The van der Waals surface area contributed by atoms with Crippen molar-refractivity contribution in [3.05, 3.63) is 36.9 Å². The average Bonchev–Trinajstić information content (AvgIpc) is 2.67. The maximum Gasteiger partial charge on any atom is 1.00 e. The van der Waals surface area contributed by atoms with Crippen LogP contribution in [0.4, 0.5) is 0 Å². The van der Waals surface area contributed by atoms with Gasteiger partial charge in [-0.2, -0.15) is 0 Å². The van der Waals surface area contributed by atoms with Gasteiger partial charge in [0.25, 0.3) is 0 Å². The van der Waals surface area contributed by atoms with Gasteiger partial charge in [0.1, 0.15) is 0 Å². The van der Waals surface area contributed by atoms with E-state index >= 15 is 0 Å². The first-order valence-corrected chi connectivity index (χ1v) is 6.39.